The van der Waals surface area contributed by atoms with Gasteiger partial charge in [-0.1, -0.05) is 0 Å². The van der Waals surface area contributed by atoms with Gasteiger partial charge in [0.2, 0.25) is 0 Å². The summed E-state index contributed by atoms with van der Waals surface area (Å²) in [6.45, 7) is 0. The van der Waals surface area contributed by atoms with Crippen LogP contribution in [0.2, 0.25) is 0 Å². The first-order valence-electron chi connectivity index (χ1n) is 0. The summed E-state index contributed by atoms with van der Waals surface area (Å²) in [7, 11) is 0. The quantitative estimate of drug-likeness (QED) is 0.339. The zero-order valence-electron chi connectivity index (χ0n) is 4.49. The molecule has 0 fully saturated rings. The van der Waals surface area contributed by atoms with E-state index < -0.39 is 0 Å². The molecular weight excluding hydrogens is 193 g/mol. The summed E-state index contributed by atoms with van der Waals surface area (Å²) < 4.78 is 0. The number of rotatable bonds is 0. The van der Waals surface area contributed by atoms with E-state index in [2.05, 4.69) is 0 Å². The van der Waals surface area contributed by atoms with Gasteiger partial charge in [-0.2, -0.15) is 0 Å². The minimum atomic E-state index is 0. The summed E-state index contributed by atoms with van der Waals surface area (Å²) in [5.74, 6) is 0. The molecule has 0 atom stereocenters. The minimum absolute atomic E-state index is 0. The Hall–Kier alpha value is 3.07. The Morgan fingerprint density at radius 3 is 1.20 bits per heavy atom. The molecule has 0 bridgehead atoms. The molecule has 0 aliphatic heterocycles. The fraction of sp³-hybridized carbons (Fsp3) is 0. The van der Waals surface area contributed by atoms with E-state index in [1.54, 1.807) is 0 Å². The maximum atomic E-state index is 0. The molecule has 24 valence electrons. The molecular formula is H5AlCrFLiSr. The van der Waals surface area contributed by atoms with Gasteiger partial charge in [-0.3, -0.25) is 0 Å². The van der Waals surface area contributed by atoms with Crippen molar-refractivity contribution in [1.29, 1.82) is 0 Å². The molecule has 0 aromatic carbocycles. The second-order valence-corrected chi connectivity index (χ2v) is 0. The topological polar surface area (TPSA) is 0 Å². The SMILES string of the molecule is [AlH3].[Cr].[F-].[H-].[H-].[Li+].[Sr+2]. The van der Waals surface area contributed by atoms with Crippen LogP contribution in [0.1, 0.15) is 2.85 Å². The summed E-state index contributed by atoms with van der Waals surface area (Å²) in [5, 5.41) is 0. The van der Waals surface area contributed by atoms with Crippen LogP contribution in [0.3, 0.4) is 0 Å². The van der Waals surface area contributed by atoms with Crippen LogP contribution in [-0.4, -0.2) is 62.8 Å². The van der Waals surface area contributed by atoms with Crippen molar-refractivity contribution in [2.75, 3.05) is 0 Å². The third-order valence-corrected chi connectivity index (χ3v) is 0. The molecule has 0 amide bonds. The Labute approximate surface area is 104 Å². The van der Waals surface area contributed by atoms with Crippen molar-refractivity contribution in [3.8, 4) is 0 Å². The van der Waals surface area contributed by atoms with Crippen LogP contribution < -0.4 is 23.6 Å². The first-order valence-corrected chi connectivity index (χ1v) is 0. The van der Waals surface area contributed by atoms with Crippen molar-refractivity contribution in [1.82, 2.24) is 0 Å². The number of hydrogen-bond acceptors (Lipinski definition) is 0. The summed E-state index contributed by atoms with van der Waals surface area (Å²) >= 11 is 0. The average molecular weight is 198 g/mol. The maximum Gasteiger partial charge on any atom is 2.00 e. The largest absolute Gasteiger partial charge is 2.00 e. The molecule has 0 saturated carbocycles. The number of hydrogen-bond donors (Lipinski definition) is 0. The second kappa shape index (κ2) is 27.6. The van der Waals surface area contributed by atoms with E-state index in [4.69, 9.17) is 0 Å². The van der Waals surface area contributed by atoms with Gasteiger partial charge in [-0.15, -0.1) is 0 Å². The maximum absolute atomic E-state index is 0. The van der Waals surface area contributed by atoms with Gasteiger partial charge in [0.25, 0.3) is 0 Å². The van der Waals surface area contributed by atoms with Crippen molar-refractivity contribution in [2.24, 2.45) is 0 Å². The van der Waals surface area contributed by atoms with Crippen molar-refractivity contribution in [3.05, 3.63) is 0 Å². The first kappa shape index (κ1) is 42.8. The van der Waals surface area contributed by atoms with Crippen molar-refractivity contribution >= 4 is 62.8 Å². The van der Waals surface area contributed by atoms with Gasteiger partial charge in [0.15, 0.2) is 17.4 Å². The molecule has 0 aromatic rings. The van der Waals surface area contributed by atoms with Crippen LogP contribution in [0.25, 0.3) is 0 Å². The predicted molar refractivity (Wildman–Crippen MR) is 17.9 cm³/mol. The molecule has 0 heterocycles. The average Bonchev–Trinajstić information content (AvgIpc) is 0. The summed E-state index contributed by atoms with van der Waals surface area (Å²) in [5.41, 5.74) is 0. The summed E-state index contributed by atoms with van der Waals surface area (Å²) in [6.07, 6.45) is 0. The van der Waals surface area contributed by atoms with Gasteiger partial charge in [0, 0.05) is 17.4 Å². The standard InChI is InChI=1S/Al.Cr.FH.Li.Sr.5H/h;;1H;;;;;;;/q;;;+1;+2;;;;2*-1/p-1. The molecule has 0 radical (unpaired) electrons. The van der Waals surface area contributed by atoms with E-state index in [1.165, 1.54) is 0 Å². The Morgan fingerprint density at radius 1 is 1.20 bits per heavy atom. The molecule has 0 N–H and O–H groups in total. The molecule has 0 aliphatic carbocycles. The fourth-order valence-electron chi connectivity index (χ4n) is 0. The predicted octanol–water partition coefficient (Wildman–Crippen LogP) is -7.33. The van der Waals surface area contributed by atoms with Crippen molar-refractivity contribution < 1.29 is 43.8 Å². The van der Waals surface area contributed by atoms with E-state index in [9.17, 15) is 0 Å². The molecule has 0 rings (SSSR count). The summed E-state index contributed by atoms with van der Waals surface area (Å²) in [6, 6.07) is 0. The molecule has 0 aliphatic rings. The third kappa shape index (κ3) is 19.3. The van der Waals surface area contributed by atoms with Gasteiger partial charge in [0.1, 0.15) is 0 Å². The van der Waals surface area contributed by atoms with Crippen molar-refractivity contribution in [2.45, 2.75) is 0 Å². The Balaban J connectivity index is 0. The smallest absolute Gasteiger partial charge is 1.00 e. The van der Waals surface area contributed by atoms with E-state index in [0.29, 0.717) is 0 Å². The van der Waals surface area contributed by atoms with Gasteiger partial charge >= 0.3 is 64.3 Å². The second-order valence-electron chi connectivity index (χ2n) is 0. The zero-order valence-corrected chi connectivity index (χ0v) is 7.24. The van der Waals surface area contributed by atoms with E-state index in [0.717, 1.165) is 0 Å². The molecule has 0 saturated heterocycles. The van der Waals surface area contributed by atoms with Gasteiger partial charge < -0.3 is 7.56 Å². The molecule has 0 aromatic heterocycles. The van der Waals surface area contributed by atoms with Gasteiger partial charge in [-0.25, -0.2) is 0 Å². The Bertz CT molecular complexity index is 17.7. The van der Waals surface area contributed by atoms with Gasteiger partial charge in [-0.05, 0) is 0 Å². The Morgan fingerprint density at radius 2 is 1.20 bits per heavy atom. The summed E-state index contributed by atoms with van der Waals surface area (Å²) in [4.78, 5) is 0. The normalized spacial score (nSPS) is 0. The van der Waals surface area contributed by atoms with Crippen LogP contribution in [0, 0.1) is 0 Å². The third-order valence-electron chi connectivity index (χ3n) is 0. The van der Waals surface area contributed by atoms with Crippen LogP contribution >= 0.6 is 0 Å². The molecule has 0 unspecified atom stereocenters. The van der Waals surface area contributed by atoms with Crippen LogP contribution in [-0.2, 0) is 17.4 Å². The van der Waals surface area contributed by atoms with E-state index in [1.807, 2.05) is 0 Å². The first-order chi connectivity index (χ1) is 0. The van der Waals surface area contributed by atoms with Gasteiger partial charge in [0.05, 0.1) is 0 Å². The monoisotopic (exact) mass is 198 g/mol. The minimum Gasteiger partial charge on any atom is -1.00 e. The Kier molecular flexibility index (Phi) is 236. The van der Waals surface area contributed by atoms with E-state index in [-0.39, 0.29) is 107 Å². The molecule has 5 heteroatoms. The van der Waals surface area contributed by atoms with Crippen LogP contribution in [0.5, 0.6) is 0 Å². The van der Waals surface area contributed by atoms with Crippen molar-refractivity contribution in [3.63, 3.8) is 0 Å². The molecule has 0 spiro atoms. The molecule has 5 heavy (non-hydrogen) atoms. The van der Waals surface area contributed by atoms with E-state index >= 15 is 0 Å². The molecule has 0 nitrogen and oxygen atoms in total. The van der Waals surface area contributed by atoms with Crippen LogP contribution in [0.15, 0.2) is 0 Å². The fourth-order valence-corrected chi connectivity index (χ4v) is 0. The number of halogens is 1. The zero-order chi connectivity index (χ0) is 0. The van der Waals surface area contributed by atoms with Crippen LogP contribution in [0.4, 0.5) is 0 Å².